The Labute approximate surface area is 161 Å². The zero-order valence-electron chi connectivity index (χ0n) is 16.5. The minimum Gasteiger partial charge on any atom is -0.480 e. The van der Waals surface area contributed by atoms with E-state index < -0.39 is 5.97 Å². The molecule has 1 N–H and O–H groups in total. The van der Waals surface area contributed by atoms with E-state index in [2.05, 4.69) is 17.0 Å². The third kappa shape index (κ3) is 4.61. The second-order valence-electron chi connectivity index (χ2n) is 7.69. The summed E-state index contributed by atoms with van der Waals surface area (Å²) in [5, 5.41) is 9.08. The van der Waals surface area contributed by atoms with Gasteiger partial charge in [-0.1, -0.05) is 18.6 Å². The zero-order valence-corrected chi connectivity index (χ0v) is 16.5. The van der Waals surface area contributed by atoms with Crippen LogP contribution in [0, 0.1) is 6.92 Å². The Bertz CT molecular complexity index is 677. The zero-order chi connectivity index (χ0) is 19.4. The van der Waals surface area contributed by atoms with Crippen LogP contribution in [0.4, 0.5) is 5.69 Å². The van der Waals surface area contributed by atoms with Gasteiger partial charge in [0.2, 0.25) is 0 Å². The van der Waals surface area contributed by atoms with Crippen LogP contribution < -0.4 is 4.90 Å². The number of carbonyl (C=O) groups excluding carboxylic acids is 1. The number of likely N-dealkylation sites (N-methyl/N-ethyl adjacent to an activating group) is 1. The Kier molecular flexibility index (Phi) is 6.37. The molecular weight excluding hydrogens is 342 g/mol. The number of aliphatic carboxylic acids is 1. The van der Waals surface area contributed by atoms with Gasteiger partial charge in [-0.05, 0) is 51.3 Å². The molecule has 0 atom stereocenters. The number of amides is 1. The molecular formula is C21H31N3O3. The van der Waals surface area contributed by atoms with Crippen molar-refractivity contribution in [2.24, 2.45) is 0 Å². The van der Waals surface area contributed by atoms with E-state index in [4.69, 9.17) is 5.11 Å². The molecule has 6 nitrogen and oxygen atoms in total. The highest BCUT2D eigenvalue weighted by Gasteiger charge is 2.29. The van der Waals surface area contributed by atoms with Gasteiger partial charge in [-0.25, -0.2) is 0 Å². The molecule has 2 heterocycles. The highest BCUT2D eigenvalue weighted by Crippen LogP contribution is 2.28. The molecule has 1 aromatic rings. The van der Waals surface area contributed by atoms with E-state index in [9.17, 15) is 9.59 Å². The van der Waals surface area contributed by atoms with E-state index in [1.54, 1.807) is 0 Å². The van der Waals surface area contributed by atoms with Gasteiger partial charge in [0.15, 0.2) is 0 Å². The molecule has 148 valence electrons. The number of likely N-dealkylation sites (tertiary alicyclic amines) is 1. The van der Waals surface area contributed by atoms with Crippen molar-refractivity contribution in [2.75, 3.05) is 44.2 Å². The van der Waals surface area contributed by atoms with Crippen LogP contribution in [0.3, 0.4) is 0 Å². The number of benzene rings is 1. The van der Waals surface area contributed by atoms with Crippen LogP contribution >= 0.6 is 0 Å². The highest BCUT2D eigenvalue weighted by atomic mass is 16.4. The molecule has 2 aliphatic heterocycles. The smallest absolute Gasteiger partial charge is 0.317 e. The molecule has 0 spiro atoms. The van der Waals surface area contributed by atoms with Crippen LogP contribution in [-0.2, 0) is 4.79 Å². The number of piperidine rings is 1. The normalized spacial score (nSPS) is 18.3. The predicted octanol–water partition coefficient (Wildman–Crippen LogP) is 2.61. The van der Waals surface area contributed by atoms with E-state index in [1.165, 1.54) is 12.8 Å². The van der Waals surface area contributed by atoms with E-state index in [-0.39, 0.29) is 18.5 Å². The number of rotatable bonds is 6. The summed E-state index contributed by atoms with van der Waals surface area (Å²) in [4.78, 5) is 30.6. The van der Waals surface area contributed by atoms with Gasteiger partial charge < -0.3 is 14.9 Å². The first kappa shape index (κ1) is 19.7. The lowest BCUT2D eigenvalue weighted by Gasteiger charge is -2.38. The lowest BCUT2D eigenvalue weighted by atomic mass is 10.0. The molecule has 1 aromatic carbocycles. The molecule has 1 amide bonds. The standard InChI is InChI=1S/C21H31N3O3/c1-3-22(15-20(25)26)17-8-12-24(13-9-17)21(27)18-14-16(2)6-7-19(18)23-10-4-5-11-23/h6-7,14,17H,3-5,8-13,15H2,1-2H3,(H,25,26). The van der Waals surface area contributed by atoms with Crippen molar-refractivity contribution in [1.82, 2.24) is 9.80 Å². The summed E-state index contributed by atoms with van der Waals surface area (Å²) in [6.07, 6.45) is 4.03. The van der Waals surface area contributed by atoms with Crippen LogP contribution in [0.1, 0.15) is 48.5 Å². The van der Waals surface area contributed by atoms with Gasteiger partial charge in [0.1, 0.15) is 0 Å². The number of anilines is 1. The monoisotopic (exact) mass is 373 g/mol. The summed E-state index contributed by atoms with van der Waals surface area (Å²) in [6.45, 7) is 8.24. The summed E-state index contributed by atoms with van der Waals surface area (Å²) in [6, 6.07) is 6.43. The van der Waals surface area contributed by atoms with Gasteiger partial charge in [-0.15, -0.1) is 0 Å². The molecule has 0 radical (unpaired) electrons. The molecule has 0 aromatic heterocycles. The van der Waals surface area contributed by atoms with Gasteiger partial charge in [0.05, 0.1) is 12.1 Å². The van der Waals surface area contributed by atoms with Crippen LogP contribution in [0.2, 0.25) is 0 Å². The SMILES string of the molecule is CCN(CC(=O)O)C1CCN(C(=O)c2cc(C)ccc2N2CCCC2)CC1. The van der Waals surface area contributed by atoms with Crippen molar-refractivity contribution < 1.29 is 14.7 Å². The van der Waals surface area contributed by atoms with E-state index in [1.807, 2.05) is 29.7 Å². The van der Waals surface area contributed by atoms with Gasteiger partial charge >= 0.3 is 5.97 Å². The molecule has 3 rings (SSSR count). The van der Waals surface area contributed by atoms with Gasteiger partial charge in [-0.3, -0.25) is 14.5 Å². The molecule has 27 heavy (non-hydrogen) atoms. The van der Waals surface area contributed by atoms with Crippen molar-refractivity contribution in [1.29, 1.82) is 0 Å². The van der Waals surface area contributed by atoms with Gasteiger partial charge in [0.25, 0.3) is 5.91 Å². The predicted molar refractivity (Wildman–Crippen MR) is 106 cm³/mol. The van der Waals surface area contributed by atoms with Crippen LogP contribution in [0.5, 0.6) is 0 Å². The molecule has 2 saturated heterocycles. The van der Waals surface area contributed by atoms with Crippen molar-refractivity contribution >= 4 is 17.6 Å². The molecule has 2 aliphatic rings. The number of carboxylic acids is 1. The lowest BCUT2D eigenvalue weighted by molar-refractivity contribution is -0.139. The molecule has 2 fully saturated rings. The summed E-state index contributed by atoms with van der Waals surface area (Å²) < 4.78 is 0. The Balaban J connectivity index is 1.69. The van der Waals surface area contributed by atoms with Crippen molar-refractivity contribution in [3.63, 3.8) is 0 Å². The second kappa shape index (κ2) is 8.74. The molecule has 0 aliphatic carbocycles. The average Bonchev–Trinajstić information content (AvgIpc) is 3.20. The third-order valence-electron chi connectivity index (χ3n) is 5.84. The molecule has 0 bridgehead atoms. The van der Waals surface area contributed by atoms with Crippen molar-refractivity contribution in [3.05, 3.63) is 29.3 Å². The summed E-state index contributed by atoms with van der Waals surface area (Å²) in [7, 11) is 0. The Morgan fingerprint density at radius 3 is 2.41 bits per heavy atom. The number of carboxylic acid groups (broad SMARTS) is 1. The van der Waals surface area contributed by atoms with E-state index >= 15 is 0 Å². The quantitative estimate of drug-likeness (QED) is 0.830. The summed E-state index contributed by atoms with van der Waals surface area (Å²) in [5.41, 5.74) is 2.98. The Morgan fingerprint density at radius 2 is 1.81 bits per heavy atom. The fourth-order valence-corrected chi connectivity index (χ4v) is 4.33. The van der Waals surface area contributed by atoms with Crippen molar-refractivity contribution in [2.45, 2.75) is 45.6 Å². The number of carbonyl (C=O) groups is 2. The number of aryl methyl sites for hydroxylation is 1. The lowest BCUT2D eigenvalue weighted by Crippen LogP contribution is -2.48. The van der Waals surface area contributed by atoms with Gasteiger partial charge in [-0.2, -0.15) is 0 Å². The Morgan fingerprint density at radius 1 is 1.15 bits per heavy atom. The molecule has 0 saturated carbocycles. The highest BCUT2D eigenvalue weighted by molar-refractivity contribution is 6.00. The van der Waals surface area contributed by atoms with Crippen molar-refractivity contribution in [3.8, 4) is 0 Å². The third-order valence-corrected chi connectivity index (χ3v) is 5.84. The largest absolute Gasteiger partial charge is 0.480 e. The summed E-state index contributed by atoms with van der Waals surface area (Å²) >= 11 is 0. The fourth-order valence-electron chi connectivity index (χ4n) is 4.33. The number of nitrogens with zero attached hydrogens (tertiary/aromatic N) is 3. The summed E-state index contributed by atoms with van der Waals surface area (Å²) in [5.74, 6) is -0.675. The fraction of sp³-hybridized carbons (Fsp3) is 0.619. The number of hydrogen-bond donors (Lipinski definition) is 1. The molecule has 6 heteroatoms. The first-order valence-electron chi connectivity index (χ1n) is 10.1. The first-order chi connectivity index (χ1) is 13.0. The maximum Gasteiger partial charge on any atom is 0.317 e. The maximum atomic E-state index is 13.2. The average molecular weight is 373 g/mol. The topological polar surface area (TPSA) is 64.1 Å². The first-order valence-corrected chi connectivity index (χ1v) is 10.1. The second-order valence-corrected chi connectivity index (χ2v) is 7.69. The van der Waals surface area contributed by atoms with Crippen LogP contribution in [0.15, 0.2) is 18.2 Å². The Hall–Kier alpha value is -2.08. The van der Waals surface area contributed by atoms with E-state index in [0.717, 1.165) is 49.3 Å². The van der Waals surface area contributed by atoms with Crippen LogP contribution in [-0.4, -0.2) is 72.1 Å². The molecule has 0 unspecified atom stereocenters. The van der Waals surface area contributed by atoms with Crippen LogP contribution in [0.25, 0.3) is 0 Å². The number of hydrogen-bond acceptors (Lipinski definition) is 4. The maximum absolute atomic E-state index is 13.2. The van der Waals surface area contributed by atoms with Gasteiger partial charge in [0, 0.05) is 37.9 Å². The van der Waals surface area contributed by atoms with E-state index in [0.29, 0.717) is 13.1 Å². The minimum absolute atomic E-state index is 0.0755. The minimum atomic E-state index is -0.787.